The quantitative estimate of drug-likeness (QED) is 0.495. The van der Waals surface area contributed by atoms with Crippen molar-refractivity contribution in [1.82, 2.24) is 10.2 Å². The minimum Gasteiger partial charge on any atom is -0.490 e. The molecule has 1 aliphatic rings. The molecule has 1 atom stereocenters. The molecule has 1 aliphatic heterocycles. The van der Waals surface area contributed by atoms with Gasteiger partial charge in [0.2, 0.25) is 5.91 Å². The highest BCUT2D eigenvalue weighted by Crippen LogP contribution is 2.18. The zero-order valence-corrected chi connectivity index (χ0v) is 17.3. The molecule has 3 rings (SSSR count). The highest BCUT2D eigenvalue weighted by molar-refractivity contribution is 5.99. The summed E-state index contributed by atoms with van der Waals surface area (Å²) in [4.78, 5) is 39.2. The third-order valence-corrected chi connectivity index (χ3v) is 4.92. The Morgan fingerprint density at radius 1 is 1.13 bits per heavy atom. The molecule has 1 heterocycles. The Labute approximate surface area is 181 Å². The lowest BCUT2D eigenvalue weighted by molar-refractivity contribution is -0.147. The predicted molar refractivity (Wildman–Crippen MR) is 116 cm³/mol. The van der Waals surface area contributed by atoms with E-state index < -0.39 is 12.0 Å². The summed E-state index contributed by atoms with van der Waals surface area (Å²) in [6, 6.07) is 15.4. The van der Waals surface area contributed by atoms with Gasteiger partial charge in [-0.2, -0.15) is 0 Å². The third kappa shape index (κ3) is 6.18. The van der Waals surface area contributed by atoms with Crippen LogP contribution in [-0.2, 0) is 20.7 Å². The van der Waals surface area contributed by atoms with Crippen molar-refractivity contribution < 1.29 is 23.9 Å². The van der Waals surface area contributed by atoms with Gasteiger partial charge in [0.1, 0.15) is 18.4 Å². The number of nitrogens with one attached hydrogen (secondary N) is 1. The van der Waals surface area contributed by atoms with Crippen LogP contribution in [0.1, 0.15) is 22.3 Å². The van der Waals surface area contributed by atoms with Gasteiger partial charge >= 0.3 is 5.97 Å². The van der Waals surface area contributed by atoms with Gasteiger partial charge in [-0.1, -0.05) is 43.0 Å². The van der Waals surface area contributed by atoms with Crippen molar-refractivity contribution in [2.75, 3.05) is 26.3 Å². The Morgan fingerprint density at radius 2 is 1.87 bits per heavy atom. The minimum absolute atomic E-state index is 0.188. The number of amides is 2. The average molecular weight is 422 g/mol. The molecule has 0 aromatic heterocycles. The Bertz CT molecular complexity index is 911. The standard InChI is InChI=1S/C24H26N2O5/c1-2-15-30-20-10-8-19(9-11-20)24(29)26-14-13-25-23(28)21(26)17-22(27)31-16-12-18-6-4-3-5-7-18/h2-11,21H,1,12-17H2,(H,25,28)/t21-/m1/s1. The molecule has 7 heteroatoms. The maximum absolute atomic E-state index is 13.0. The smallest absolute Gasteiger partial charge is 0.308 e. The molecular formula is C24H26N2O5. The fraction of sp³-hybridized carbons (Fsp3) is 0.292. The van der Waals surface area contributed by atoms with Crippen molar-refractivity contribution in [3.63, 3.8) is 0 Å². The highest BCUT2D eigenvalue weighted by atomic mass is 16.5. The highest BCUT2D eigenvalue weighted by Gasteiger charge is 2.35. The molecule has 162 valence electrons. The number of esters is 1. The van der Waals surface area contributed by atoms with Crippen molar-refractivity contribution in [3.8, 4) is 5.75 Å². The normalized spacial score (nSPS) is 15.7. The van der Waals surface area contributed by atoms with Gasteiger partial charge in [-0.05, 0) is 29.8 Å². The van der Waals surface area contributed by atoms with Gasteiger partial charge in [-0.15, -0.1) is 0 Å². The van der Waals surface area contributed by atoms with Crippen LogP contribution >= 0.6 is 0 Å². The molecular weight excluding hydrogens is 396 g/mol. The van der Waals surface area contributed by atoms with Crippen LogP contribution in [0, 0.1) is 0 Å². The Kier molecular flexibility index (Phi) is 7.81. The number of benzene rings is 2. The van der Waals surface area contributed by atoms with Crippen LogP contribution in [0.4, 0.5) is 0 Å². The molecule has 0 spiro atoms. The third-order valence-electron chi connectivity index (χ3n) is 4.92. The summed E-state index contributed by atoms with van der Waals surface area (Å²) in [5.74, 6) is -0.562. The van der Waals surface area contributed by atoms with Crippen LogP contribution in [0.3, 0.4) is 0 Å². The number of hydrogen-bond acceptors (Lipinski definition) is 5. The molecule has 0 unspecified atom stereocenters. The van der Waals surface area contributed by atoms with Crippen LogP contribution < -0.4 is 10.1 Å². The second kappa shape index (κ2) is 11.0. The van der Waals surface area contributed by atoms with Gasteiger partial charge in [0.15, 0.2) is 0 Å². The van der Waals surface area contributed by atoms with Gasteiger partial charge in [0.25, 0.3) is 5.91 Å². The number of carbonyl (C=O) groups excluding carboxylic acids is 3. The molecule has 0 radical (unpaired) electrons. The van der Waals surface area contributed by atoms with Crippen LogP contribution in [0.25, 0.3) is 0 Å². The Morgan fingerprint density at radius 3 is 2.58 bits per heavy atom. The molecule has 1 N–H and O–H groups in total. The monoisotopic (exact) mass is 422 g/mol. The van der Waals surface area contributed by atoms with Gasteiger partial charge in [-0.3, -0.25) is 14.4 Å². The van der Waals surface area contributed by atoms with E-state index in [9.17, 15) is 14.4 Å². The van der Waals surface area contributed by atoms with Crippen molar-refractivity contribution in [3.05, 3.63) is 78.4 Å². The van der Waals surface area contributed by atoms with E-state index in [0.717, 1.165) is 5.56 Å². The summed E-state index contributed by atoms with van der Waals surface area (Å²) in [5, 5.41) is 2.72. The first-order valence-electron chi connectivity index (χ1n) is 10.2. The van der Waals surface area contributed by atoms with Gasteiger partial charge in [0.05, 0.1) is 13.0 Å². The number of carbonyl (C=O) groups is 3. The second-order valence-electron chi connectivity index (χ2n) is 7.09. The number of nitrogens with zero attached hydrogens (tertiary/aromatic N) is 1. The van der Waals surface area contributed by atoms with Crippen molar-refractivity contribution in [2.24, 2.45) is 0 Å². The molecule has 31 heavy (non-hydrogen) atoms. The van der Waals surface area contributed by atoms with E-state index in [1.165, 1.54) is 4.90 Å². The molecule has 2 aromatic carbocycles. The summed E-state index contributed by atoms with van der Waals surface area (Å²) >= 11 is 0. The van der Waals surface area contributed by atoms with E-state index in [0.29, 0.717) is 37.4 Å². The van der Waals surface area contributed by atoms with Crippen molar-refractivity contribution in [2.45, 2.75) is 18.9 Å². The average Bonchev–Trinajstić information content (AvgIpc) is 2.79. The lowest BCUT2D eigenvalue weighted by atomic mass is 10.1. The first-order valence-corrected chi connectivity index (χ1v) is 10.2. The molecule has 1 saturated heterocycles. The van der Waals surface area contributed by atoms with Crippen molar-refractivity contribution >= 4 is 17.8 Å². The first kappa shape index (κ1) is 22.1. The maximum Gasteiger partial charge on any atom is 0.308 e. The molecule has 0 aliphatic carbocycles. The largest absolute Gasteiger partial charge is 0.490 e. The van der Waals surface area contributed by atoms with Crippen LogP contribution in [0.2, 0.25) is 0 Å². The van der Waals surface area contributed by atoms with E-state index in [1.54, 1.807) is 30.3 Å². The van der Waals surface area contributed by atoms with E-state index in [-0.39, 0.29) is 24.8 Å². The van der Waals surface area contributed by atoms with Gasteiger partial charge in [-0.25, -0.2) is 0 Å². The number of rotatable bonds is 9. The number of hydrogen-bond donors (Lipinski definition) is 1. The summed E-state index contributed by atoms with van der Waals surface area (Å²) < 4.78 is 10.7. The number of ether oxygens (including phenoxy) is 2. The van der Waals surface area contributed by atoms with E-state index in [1.807, 2.05) is 30.3 Å². The van der Waals surface area contributed by atoms with Crippen molar-refractivity contribution in [1.29, 1.82) is 0 Å². The second-order valence-corrected chi connectivity index (χ2v) is 7.09. The summed E-state index contributed by atoms with van der Waals surface area (Å²) in [5.41, 5.74) is 1.48. The van der Waals surface area contributed by atoms with E-state index >= 15 is 0 Å². The fourth-order valence-electron chi connectivity index (χ4n) is 3.32. The SMILES string of the molecule is C=CCOc1ccc(C(=O)N2CCNC(=O)[C@H]2CC(=O)OCCc2ccccc2)cc1. The Balaban J connectivity index is 1.59. The van der Waals surface area contributed by atoms with Crippen LogP contribution in [0.15, 0.2) is 67.3 Å². The molecule has 7 nitrogen and oxygen atoms in total. The summed E-state index contributed by atoms with van der Waals surface area (Å²) in [7, 11) is 0. The van der Waals surface area contributed by atoms with E-state index in [4.69, 9.17) is 9.47 Å². The molecule has 2 aromatic rings. The maximum atomic E-state index is 13.0. The fourth-order valence-corrected chi connectivity index (χ4v) is 3.32. The predicted octanol–water partition coefficient (Wildman–Crippen LogP) is 2.37. The molecule has 2 amide bonds. The zero-order valence-electron chi connectivity index (χ0n) is 17.3. The summed E-state index contributed by atoms with van der Waals surface area (Å²) in [6.07, 6.45) is 2.04. The summed E-state index contributed by atoms with van der Waals surface area (Å²) in [6.45, 7) is 4.84. The van der Waals surface area contributed by atoms with Crippen LogP contribution in [-0.4, -0.2) is 55.0 Å². The van der Waals surface area contributed by atoms with Crippen LogP contribution in [0.5, 0.6) is 5.75 Å². The molecule has 0 bridgehead atoms. The van der Waals surface area contributed by atoms with Gasteiger partial charge < -0.3 is 19.7 Å². The minimum atomic E-state index is -0.901. The Hall–Kier alpha value is -3.61. The number of piperazine rings is 1. The lowest BCUT2D eigenvalue weighted by Crippen LogP contribution is -2.57. The lowest BCUT2D eigenvalue weighted by Gasteiger charge is -2.34. The topological polar surface area (TPSA) is 84.9 Å². The molecule has 0 saturated carbocycles. The first-order chi connectivity index (χ1) is 15.1. The van der Waals surface area contributed by atoms with E-state index in [2.05, 4.69) is 11.9 Å². The van der Waals surface area contributed by atoms with Gasteiger partial charge in [0, 0.05) is 25.1 Å². The molecule has 1 fully saturated rings. The zero-order chi connectivity index (χ0) is 22.1.